The van der Waals surface area contributed by atoms with E-state index in [0.29, 0.717) is 10.0 Å². The average Bonchev–Trinajstić information content (AvgIpc) is 3.17. The largest absolute Gasteiger partial charge is 0.318 e. The standard InChI is InChI=1S/C27H22Cl4N4O3S/c1-17-11-19(18(2)35(17)22-13-20(28)12-21(29)14-22)15-32-33-26(36)16-34(25-10-6-9-24(30)27(25)31)39(37,38)23-7-4-3-5-8-23/h3-15H,16H2,1-2H3,(H,33,36)/b32-15+. The number of nitrogens with zero attached hydrogens (tertiary/aromatic N) is 3. The fourth-order valence-electron chi connectivity index (χ4n) is 4.03. The van der Waals surface area contributed by atoms with Crippen LogP contribution in [0.5, 0.6) is 0 Å². The van der Waals surface area contributed by atoms with Crippen molar-refractivity contribution in [2.24, 2.45) is 5.10 Å². The topological polar surface area (TPSA) is 83.8 Å². The third-order valence-corrected chi connectivity index (χ3v) is 8.81. The van der Waals surface area contributed by atoms with Gasteiger partial charge < -0.3 is 4.57 Å². The number of hydrazone groups is 1. The van der Waals surface area contributed by atoms with Crippen LogP contribution in [0.25, 0.3) is 5.69 Å². The highest BCUT2D eigenvalue weighted by Crippen LogP contribution is 2.35. The minimum Gasteiger partial charge on any atom is -0.318 e. The molecule has 1 aromatic heterocycles. The lowest BCUT2D eigenvalue weighted by Crippen LogP contribution is -2.39. The molecule has 39 heavy (non-hydrogen) atoms. The Labute approximate surface area is 246 Å². The van der Waals surface area contributed by atoms with Crippen molar-refractivity contribution in [2.75, 3.05) is 10.8 Å². The Bertz CT molecular complexity index is 1650. The summed E-state index contributed by atoms with van der Waals surface area (Å²) in [4.78, 5) is 12.9. The van der Waals surface area contributed by atoms with Gasteiger partial charge in [-0.3, -0.25) is 9.10 Å². The third kappa shape index (κ3) is 6.42. The molecule has 1 N–H and O–H groups in total. The van der Waals surface area contributed by atoms with Crippen LogP contribution in [0.2, 0.25) is 20.1 Å². The van der Waals surface area contributed by atoms with Crippen LogP contribution in [0.15, 0.2) is 82.8 Å². The van der Waals surface area contributed by atoms with Gasteiger partial charge in [-0.05, 0) is 62.4 Å². The van der Waals surface area contributed by atoms with E-state index < -0.39 is 22.5 Å². The summed E-state index contributed by atoms with van der Waals surface area (Å²) in [6, 6.07) is 19.4. The molecule has 0 unspecified atom stereocenters. The van der Waals surface area contributed by atoms with Gasteiger partial charge in [-0.25, -0.2) is 13.8 Å². The number of benzene rings is 3. The molecule has 202 valence electrons. The molecule has 0 fully saturated rings. The predicted molar refractivity (Wildman–Crippen MR) is 158 cm³/mol. The monoisotopic (exact) mass is 622 g/mol. The maximum Gasteiger partial charge on any atom is 0.264 e. The Morgan fingerprint density at radius 2 is 1.62 bits per heavy atom. The van der Waals surface area contributed by atoms with Gasteiger partial charge in [0.25, 0.3) is 15.9 Å². The second-order valence-corrected chi connectivity index (χ2v) is 12.0. The number of carbonyl (C=O) groups excluding carboxylic acids is 1. The Kier molecular flexibility index (Phi) is 8.93. The molecule has 0 bridgehead atoms. The molecule has 4 aromatic rings. The van der Waals surface area contributed by atoms with Gasteiger partial charge in [0.2, 0.25) is 0 Å². The number of aromatic nitrogens is 1. The first-order valence-corrected chi connectivity index (χ1v) is 14.4. The summed E-state index contributed by atoms with van der Waals surface area (Å²) in [5.74, 6) is -0.683. The van der Waals surface area contributed by atoms with Gasteiger partial charge in [-0.1, -0.05) is 70.7 Å². The van der Waals surface area contributed by atoms with E-state index in [1.54, 1.807) is 42.5 Å². The molecular weight excluding hydrogens is 602 g/mol. The minimum absolute atomic E-state index is 0.00327. The van der Waals surface area contributed by atoms with Crippen molar-refractivity contribution in [3.05, 3.63) is 110 Å². The van der Waals surface area contributed by atoms with Crippen LogP contribution in [0, 0.1) is 13.8 Å². The first-order valence-electron chi connectivity index (χ1n) is 11.5. The molecule has 0 atom stereocenters. The van der Waals surface area contributed by atoms with E-state index in [0.717, 1.165) is 26.9 Å². The van der Waals surface area contributed by atoms with Crippen LogP contribution in [0.1, 0.15) is 17.0 Å². The summed E-state index contributed by atoms with van der Waals surface area (Å²) in [5.41, 5.74) is 5.71. The van der Waals surface area contributed by atoms with E-state index >= 15 is 0 Å². The van der Waals surface area contributed by atoms with Crippen LogP contribution in [-0.2, 0) is 14.8 Å². The Balaban J connectivity index is 1.58. The summed E-state index contributed by atoms with van der Waals surface area (Å²) >= 11 is 24.8. The molecule has 0 radical (unpaired) electrons. The number of amides is 1. The highest BCUT2D eigenvalue weighted by atomic mass is 35.5. The van der Waals surface area contributed by atoms with E-state index in [-0.39, 0.29) is 20.6 Å². The van der Waals surface area contributed by atoms with E-state index in [1.807, 2.05) is 24.5 Å². The van der Waals surface area contributed by atoms with Gasteiger partial charge >= 0.3 is 0 Å². The molecule has 0 aliphatic carbocycles. The van der Waals surface area contributed by atoms with Crippen LogP contribution in [0.3, 0.4) is 0 Å². The zero-order valence-electron chi connectivity index (χ0n) is 20.7. The lowest BCUT2D eigenvalue weighted by atomic mass is 10.2. The zero-order valence-corrected chi connectivity index (χ0v) is 24.5. The number of hydrogen-bond acceptors (Lipinski definition) is 4. The van der Waals surface area contributed by atoms with Gasteiger partial charge in [-0.2, -0.15) is 5.10 Å². The third-order valence-electron chi connectivity index (χ3n) is 5.79. The lowest BCUT2D eigenvalue weighted by molar-refractivity contribution is -0.119. The number of halogens is 4. The zero-order chi connectivity index (χ0) is 28.3. The maximum atomic E-state index is 13.5. The molecule has 1 amide bonds. The predicted octanol–water partition coefficient (Wildman–Crippen LogP) is 7.05. The molecule has 0 aliphatic heterocycles. The smallest absolute Gasteiger partial charge is 0.264 e. The van der Waals surface area contributed by atoms with Crippen molar-refractivity contribution in [3.8, 4) is 5.69 Å². The van der Waals surface area contributed by atoms with Crippen LogP contribution in [0.4, 0.5) is 5.69 Å². The molecule has 1 heterocycles. The molecular formula is C27H22Cl4N4O3S. The van der Waals surface area contributed by atoms with Gasteiger partial charge in [0.1, 0.15) is 6.54 Å². The first-order chi connectivity index (χ1) is 18.5. The Morgan fingerprint density at radius 1 is 0.949 bits per heavy atom. The van der Waals surface area contributed by atoms with Crippen molar-refractivity contribution in [2.45, 2.75) is 18.7 Å². The number of nitrogens with one attached hydrogen (secondary N) is 1. The highest BCUT2D eigenvalue weighted by Gasteiger charge is 2.29. The molecule has 12 heteroatoms. The van der Waals surface area contributed by atoms with E-state index in [2.05, 4.69) is 10.5 Å². The number of hydrogen-bond donors (Lipinski definition) is 1. The van der Waals surface area contributed by atoms with Crippen LogP contribution >= 0.6 is 46.4 Å². The number of rotatable bonds is 8. The molecule has 7 nitrogen and oxygen atoms in total. The van der Waals surface area contributed by atoms with Crippen molar-refractivity contribution in [3.63, 3.8) is 0 Å². The molecule has 0 aliphatic rings. The maximum absolute atomic E-state index is 13.5. The molecule has 3 aromatic carbocycles. The lowest BCUT2D eigenvalue weighted by Gasteiger charge is -2.24. The van der Waals surface area contributed by atoms with Crippen LogP contribution < -0.4 is 9.73 Å². The number of sulfonamides is 1. The summed E-state index contributed by atoms with van der Waals surface area (Å²) in [6.45, 7) is 3.22. The number of carbonyl (C=O) groups is 1. The van der Waals surface area contributed by atoms with Crippen molar-refractivity contribution in [1.29, 1.82) is 0 Å². The SMILES string of the molecule is Cc1cc(/C=N/NC(=O)CN(c2cccc(Cl)c2Cl)S(=O)(=O)c2ccccc2)c(C)n1-c1cc(Cl)cc(Cl)c1. The van der Waals surface area contributed by atoms with Gasteiger partial charge in [0, 0.05) is 32.7 Å². The summed E-state index contributed by atoms with van der Waals surface area (Å²) < 4.78 is 29.8. The summed E-state index contributed by atoms with van der Waals surface area (Å²) in [5, 5.41) is 5.21. The second-order valence-electron chi connectivity index (χ2n) is 8.48. The van der Waals surface area contributed by atoms with E-state index in [4.69, 9.17) is 46.4 Å². The second kappa shape index (κ2) is 12.0. The fraction of sp³-hybridized carbons (Fsp3) is 0.111. The van der Waals surface area contributed by atoms with Crippen molar-refractivity contribution < 1.29 is 13.2 Å². The van der Waals surface area contributed by atoms with Gasteiger partial charge in [-0.15, -0.1) is 0 Å². The molecule has 0 saturated heterocycles. The summed E-state index contributed by atoms with van der Waals surface area (Å²) in [7, 11) is -4.16. The molecule has 0 saturated carbocycles. The summed E-state index contributed by atoms with van der Waals surface area (Å²) in [6.07, 6.45) is 1.48. The van der Waals surface area contributed by atoms with Crippen molar-refractivity contribution in [1.82, 2.24) is 9.99 Å². The number of aryl methyl sites for hydroxylation is 1. The molecule has 0 spiro atoms. The van der Waals surface area contributed by atoms with Gasteiger partial charge in [0.05, 0.1) is 26.8 Å². The Morgan fingerprint density at radius 3 is 2.28 bits per heavy atom. The number of anilines is 1. The Hall–Kier alpha value is -3.01. The fourth-order valence-corrected chi connectivity index (χ4v) is 6.44. The van der Waals surface area contributed by atoms with E-state index in [9.17, 15) is 13.2 Å². The van der Waals surface area contributed by atoms with Crippen molar-refractivity contribution >= 4 is 74.2 Å². The molecule has 4 rings (SSSR count). The average molecular weight is 624 g/mol. The normalized spacial score (nSPS) is 11.6. The minimum atomic E-state index is -4.16. The van der Waals surface area contributed by atoms with E-state index in [1.165, 1.54) is 30.5 Å². The highest BCUT2D eigenvalue weighted by molar-refractivity contribution is 7.92. The van der Waals surface area contributed by atoms with Crippen LogP contribution in [-0.4, -0.2) is 31.7 Å². The van der Waals surface area contributed by atoms with Gasteiger partial charge in [0.15, 0.2) is 0 Å². The first kappa shape index (κ1) is 29.0. The quantitative estimate of drug-likeness (QED) is 0.169.